The van der Waals surface area contributed by atoms with Gasteiger partial charge in [-0.25, -0.2) is 9.37 Å². The van der Waals surface area contributed by atoms with Crippen molar-refractivity contribution in [2.45, 2.75) is 0 Å². The average molecular weight is 439 g/mol. The Balaban J connectivity index is 1.83. The molecule has 0 radical (unpaired) electrons. The summed E-state index contributed by atoms with van der Waals surface area (Å²) in [6.45, 7) is 5.33. The molecule has 0 aliphatic carbocycles. The molecule has 2 rings (SSSR count). The summed E-state index contributed by atoms with van der Waals surface area (Å²) in [5, 5.41) is 3.09. The Kier molecular flexibility index (Phi) is 9.24. The molecule has 1 N–H and O–H groups in total. The maximum Gasteiger partial charge on any atom is 0.228 e. The third kappa shape index (κ3) is 6.93. The zero-order valence-electron chi connectivity index (χ0n) is 15.3. The first-order valence-corrected chi connectivity index (χ1v) is 9.42. The minimum absolute atomic E-state index is 0.105. The van der Waals surface area contributed by atoms with Crippen molar-refractivity contribution in [3.05, 3.63) is 58.7 Å². The molecule has 1 aromatic heterocycles. The lowest BCUT2D eigenvalue weighted by molar-refractivity contribution is 0.0319. The van der Waals surface area contributed by atoms with E-state index in [0.717, 1.165) is 26.9 Å². The molecule has 0 unspecified atom stereocenters. The van der Waals surface area contributed by atoms with E-state index in [4.69, 9.17) is 14.2 Å². The predicted octanol–water partition coefficient (Wildman–Crippen LogP) is 4.33. The highest BCUT2D eigenvalue weighted by Crippen LogP contribution is 2.29. The van der Waals surface area contributed by atoms with Crippen LogP contribution in [0, 0.1) is 0 Å². The minimum Gasteiger partial charge on any atom is -0.474 e. The number of aromatic nitrogens is 1. The largest absolute Gasteiger partial charge is 0.474 e. The molecular weight excluding hydrogens is 415 g/mol. The summed E-state index contributed by atoms with van der Waals surface area (Å²) >= 11 is 3.49. The molecule has 0 bridgehead atoms. The number of halogens is 2. The molecule has 0 aliphatic rings. The van der Waals surface area contributed by atoms with Crippen LogP contribution in [0.3, 0.4) is 0 Å². The van der Waals surface area contributed by atoms with Crippen LogP contribution in [0.1, 0.15) is 11.1 Å². The first-order chi connectivity index (χ1) is 13.2. The van der Waals surface area contributed by atoms with E-state index in [2.05, 4.69) is 32.8 Å². The van der Waals surface area contributed by atoms with Gasteiger partial charge in [-0.2, -0.15) is 0 Å². The number of ether oxygens (including phenoxy) is 3. The first kappa shape index (κ1) is 21.3. The summed E-state index contributed by atoms with van der Waals surface area (Å²) in [7, 11) is 1.88. The van der Waals surface area contributed by atoms with E-state index < -0.39 is 6.67 Å². The number of hydrogen-bond acceptors (Lipinski definition) is 5. The molecule has 0 spiro atoms. The van der Waals surface area contributed by atoms with Crippen LogP contribution in [0.4, 0.5) is 10.1 Å². The summed E-state index contributed by atoms with van der Waals surface area (Å²) in [6, 6.07) is 9.97. The molecule has 2 aromatic rings. The molecule has 0 saturated carbocycles. The van der Waals surface area contributed by atoms with Crippen molar-refractivity contribution in [2.75, 3.05) is 52.1 Å². The standard InChI is InChI=1S/C20H24BrFN2O3/c1-15(16-3-5-18(23-2)6-4-16)17-13-19(21)20(24-14-17)27-12-11-26-10-9-25-8-7-22/h3-6,13-14,23H,1,7-12H2,2H3. The van der Waals surface area contributed by atoms with Gasteiger partial charge in [0, 0.05) is 24.5 Å². The van der Waals surface area contributed by atoms with Crippen LogP contribution < -0.4 is 10.1 Å². The molecule has 5 nitrogen and oxygen atoms in total. The van der Waals surface area contributed by atoms with Crippen molar-refractivity contribution in [2.24, 2.45) is 0 Å². The molecule has 7 heteroatoms. The summed E-state index contributed by atoms with van der Waals surface area (Å²) in [5.74, 6) is 0.495. The van der Waals surface area contributed by atoms with Gasteiger partial charge in [-0.3, -0.25) is 0 Å². The summed E-state index contributed by atoms with van der Waals surface area (Å²) in [4.78, 5) is 4.35. The number of rotatable bonds is 12. The van der Waals surface area contributed by atoms with Crippen molar-refractivity contribution in [3.8, 4) is 5.88 Å². The van der Waals surface area contributed by atoms with Gasteiger partial charge in [0.2, 0.25) is 5.88 Å². The Morgan fingerprint density at radius 2 is 1.74 bits per heavy atom. The zero-order valence-corrected chi connectivity index (χ0v) is 16.9. The number of nitrogens with zero attached hydrogens (tertiary/aromatic N) is 1. The van der Waals surface area contributed by atoms with E-state index in [0.29, 0.717) is 32.3 Å². The second kappa shape index (κ2) is 11.7. The van der Waals surface area contributed by atoms with E-state index in [1.54, 1.807) is 6.20 Å². The van der Waals surface area contributed by atoms with Crippen LogP contribution in [-0.2, 0) is 9.47 Å². The maximum atomic E-state index is 11.8. The molecule has 0 atom stereocenters. The number of benzene rings is 1. The van der Waals surface area contributed by atoms with Crippen LogP contribution >= 0.6 is 15.9 Å². The lowest BCUT2D eigenvalue weighted by Gasteiger charge is -2.11. The van der Waals surface area contributed by atoms with Gasteiger partial charge in [-0.05, 0) is 45.3 Å². The van der Waals surface area contributed by atoms with Gasteiger partial charge in [0.15, 0.2) is 0 Å². The van der Waals surface area contributed by atoms with E-state index in [9.17, 15) is 4.39 Å². The molecule has 146 valence electrons. The van der Waals surface area contributed by atoms with Crippen molar-refractivity contribution in [1.82, 2.24) is 4.98 Å². The lowest BCUT2D eigenvalue weighted by atomic mass is 10.0. The fourth-order valence-electron chi connectivity index (χ4n) is 2.28. The average Bonchev–Trinajstić information content (AvgIpc) is 2.70. The van der Waals surface area contributed by atoms with Crippen LogP contribution in [0.25, 0.3) is 5.57 Å². The van der Waals surface area contributed by atoms with Crippen LogP contribution in [-0.4, -0.2) is 51.7 Å². The van der Waals surface area contributed by atoms with Crippen LogP contribution in [0.2, 0.25) is 0 Å². The molecular formula is C20H24BrFN2O3. The van der Waals surface area contributed by atoms with E-state index >= 15 is 0 Å². The van der Waals surface area contributed by atoms with Gasteiger partial charge in [0.05, 0.1) is 30.9 Å². The fourth-order valence-corrected chi connectivity index (χ4v) is 2.74. The van der Waals surface area contributed by atoms with Crippen molar-refractivity contribution < 1.29 is 18.6 Å². The van der Waals surface area contributed by atoms with Crippen LogP contribution in [0.15, 0.2) is 47.6 Å². The normalized spacial score (nSPS) is 10.6. The quantitative estimate of drug-likeness (QED) is 0.499. The van der Waals surface area contributed by atoms with Gasteiger partial charge in [-0.15, -0.1) is 0 Å². The van der Waals surface area contributed by atoms with Crippen LogP contribution in [0.5, 0.6) is 5.88 Å². The number of pyridine rings is 1. The molecule has 27 heavy (non-hydrogen) atoms. The SMILES string of the molecule is C=C(c1ccc(NC)cc1)c1cnc(OCCOCCOCCF)c(Br)c1. The van der Waals surface area contributed by atoms with Crippen molar-refractivity contribution >= 4 is 27.2 Å². The number of alkyl halides is 1. The Morgan fingerprint density at radius 1 is 1.07 bits per heavy atom. The Morgan fingerprint density at radius 3 is 2.37 bits per heavy atom. The smallest absolute Gasteiger partial charge is 0.228 e. The predicted molar refractivity (Wildman–Crippen MR) is 109 cm³/mol. The molecule has 1 heterocycles. The third-order valence-electron chi connectivity index (χ3n) is 3.74. The fraction of sp³-hybridized carbons (Fsp3) is 0.350. The van der Waals surface area contributed by atoms with Crippen molar-refractivity contribution in [1.29, 1.82) is 0 Å². The van der Waals surface area contributed by atoms with E-state index in [1.807, 2.05) is 37.4 Å². The number of hydrogen-bond donors (Lipinski definition) is 1. The highest BCUT2D eigenvalue weighted by molar-refractivity contribution is 9.10. The second-order valence-electron chi connectivity index (χ2n) is 5.58. The van der Waals surface area contributed by atoms with Gasteiger partial charge >= 0.3 is 0 Å². The van der Waals surface area contributed by atoms with Gasteiger partial charge in [0.1, 0.15) is 13.3 Å². The van der Waals surface area contributed by atoms with Gasteiger partial charge in [-0.1, -0.05) is 18.7 Å². The number of nitrogens with one attached hydrogen (secondary N) is 1. The third-order valence-corrected chi connectivity index (χ3v) is 4.31. The molecule has 0 saturated heterocycles. The second-order valence-corrected chi connectivity index (χ2v) is 6.43. The van der Waals surface area contributed by atoms with Crippen molar-refractivity contribution in [3.63, 3.8) is 0 Å². The Hall–Kier alpha value is -1.96. The summed E-state index contributed by atoms with van der Waals surface area (Å²) < 4.78 is 28.5. The van der Waals surface area contributed by atoms with Gasteiger partial charge < -0.3 is 19.5 Å². The van der Waals surface area contributed by atoms with Gasteiger partial charge in [0.25, 0.3) is 0 Å². The summed E-state index contributed by atoms with van der Waals surface area (Å²) in [6.07, 6.45) is 1.74. The highest BCUT2D eigenvalue weighted by atomic mass is 79.9. The monoisotopic (exact) mass is 438 g/mol. The van der Waals surface area contributed by atoms with E-state index in [-0.39, 0.29) is 6.61 Å². The molecule has 0 fully saturated rings. The molecule has 0 aliphatic heterocycles. The molecule has 1 aromatic carbocycles. The minimum atomic E-state index is -0.480. The first-order valence-electron chi connectivity index (χ1n) is 8.63. The Labute approximate surface area is 167 Å². The highest BCUT2D eigenvalue weighted by Gasteiger charge is 2.08. The lowest BCUT2D eigenvalue weighted by Crippen LogP contribution is -2.12. The summed E-state index contributed by atoms with van der Waals surface area (Å²) in [5.41, 5.74) is 3.87. The zero-order chi connectivity index (χ0) is 19.5. The number of anilines is 1. The maximum absolute atomic E-state index is 11.8. The topological polar surface area (TPSA) is 52.6 Å². The Bertz CT molecular complexity index is 726. The van der Waals surface area contributed by atoms with E-state index in [1.165, 1.54) is 0 Å². The molecule has 0 amide bonds.